The van der Waals surface area contributed by atoms with E-state index in [1.165, 1.54) is 11.2 Å². The summed E-state index contributed by atoms with van der Waals surface area (Å²) in [5, 5.41) is 7.35. The Balaban J connectivity index is 1.42. The van der Waals surface area contributed by atoms with Gasteiger partial charge in [0.1, 0.15) is 28.5 Å². The topological polar surface area (TPSA) is 77.4 Å². The number of ether oxygens (including phenoxy) is 3. The Morgan fingerprint density at radius 3 is 2.26 bits per heavy atom. The van der Waals surface area contributed by atoms with Crippen LogP contribution >= 0.6 is 34.8 Å². The molecule has 228 valence electrons. The fourth-order valence-corrected chi connectivity index (χ4v) is 6.56. The number of benzene rings is 5. The van der Waals surface area contributed by atoms with Crippen LogP contribution in [0.4, 0.5) is 0 Å². The molecule has 0 bridgehead atoms. The number of hydrazone groups is 1. The van der Waals surface area contributed by atoms with Gasteiger partial charge in [0.25, 0.3) is 5.91 Å². The largest absolute Gasteiger partial charge is 0.494 e. The second-order valence-electron chi connectivity index (χ2n) is 10.5. The van der Waals surface area contributed by atoms with E-state index in [4.69, 9.17) is 54.1 Å². The molecule has 7 rings (SSSR count). The van der Waals surface area contributed by atoms with E-state index in [0.29, 0.717) is 61.7 Å². The number of hydrogen-bond donors (Lipinski definition) is 0. The van der Waals surface area contributed by atoms with Crippen molar-refractivity contribution in [2.45, 2.75) is 12.5 Å². The Bertz CT molecular complexity index is 2080. The van der Waals surface area contributed by atoms with E-state index in [1.807, 2.05) is 37.3 Å². The summed E-state index contributed by atoms with van der Waals surface area (Å²) in [4.78, 5) is 27.3. The number of hydrogen-bond acceptors (Lipinski definition) is 6. The average Bonchev–Trinajstić information content (AvgIpc) is 3.29. The molecule has 0 N–H and O–H groups in total. The molecule has 2 aliphatic heterocycles. The molecule has 1 atom stereocenters. The van der Waals surface area contributed by atoms with Gasteiger partial charge >= 0.3 is 5.97 Å². The summed E-state index contributed by atoms with van der Waals surface area (Å²) in [5.41, 5.74) is 2.00. The Kier molecular flexibility index (Phi) is 7.69. The van der Waals surface area contributed by atoms with Crippen LogP contribution < -0.4 is 14.2 Å². The SMILES string of the molecule is CCOc1ccc2c(c1)Oc1cc(OC(=O)c3ccccc3Cl)ccc1C21c2ccccc2C(=O)N1/N=C/c1ccc(Cl)cc1Cl. The molecule has 0 radical (unpaired) electrons. The van der Waals surface area contributed by atoms with E-state index in [0.717, 1.165) is 0 Å². The number of esters is 1. The third-order valence-electron chi connectivity index (χ3n) is 7.85. The Morgan fingerprint density at radius 2 is 1.52 bits per heavy atom. The third kappa shape index (κ3) is 4.88. The van der Waals surface area contributed by atoms with Crippen molar-refractivity contribution < 1.29 is 23.8 Å². The molecule has 2 aliphatic rings. The molecule has 5 aromatic carbocycles. The predicted octanol–water partition coefficient (Wildman–Crippen LogP) is 9.15. The molecule has 5 aromatic rings. The highest BCUT2D eigenvalue weighted by Crippen LogP contribution is 2.58. The zero-order valence-electron chi connectivity index (χ0n) is 24.2. The molecule has 0 aliphatic carbocycles. The van der Waals surface area contributed by atoms with Crippen LogP contribution in [0, 0.1) is 0 Å². The van der Waals surface area contributed by atoms with Crippen molar-refractivity contribution in [2.75, 3.05) is 6.61 Å². The van der Waals surface area contributed by atoms with Crippen molar-refractivity contribution in [3.63, 3.8) is 0 Å². The molecule has 0 saturated heterocycles. The molecule has 0 aromatic heterocycles. The highest BCUT2D eigenvalue weighted by atomic mass is 35.5. The molecule has 1 spiro atoms. The van der Waals surface area contributed by atoms with Gasteiger partial charge in [0.2, 0.25) is 0 Å². The van der Waals surface area contributed by atoms with Gasteiger partial charge in [0, 0.05) is 45.0 Å². The zero-order chi connectivity index (χ0) is 32.0. The maximum Gasteiger partial charge on any atom is 0.345 e. The van der Waals surface area contributed by atoms with Crippen molar-refractivity contribution in [1.29, 1.82) is 0 Å². The van der Waals surface area contributed by atoms with E-state index in [9.17, 15) is 9.59 Å². The summed E-state index contributed by atoms with van der Waals surface area (Å²) in [6, 6.07) is 29.6. The third-order valence-corrected chi connectivity index (χ3v) is 8.75. The first-order valence-corrected chi connectivity index (χ1v) is 15.4. The first-order chi connectivity index (χ1) is 22.3. The highest BCUT2D eigenvalue weighted by molar-refractivity contribution is 6.36. The number of fused-ring (bicyclic) bond motifs is 6. The van der Waals surface area contributed by atoms with E-state index in [1.54, 1.807) is 72.8 Å². The van der Waals surface area contributed by atoms with E-state index < -0.39 is 11.5 Å². The molecular weight excluding hydrogens is 647 g/mol. The summed E-state index contributed by atoms with van der Waals surface area (Å²) in [7, 11) is 0. The van der Waals surface area contributed by atoms with Gasteiger partial charge in [-0.3, -0.25) is 4.79 Å². The van der Waals surface area contributed by atoms with Crippen LogP contribution in [-0.2, 0) is 5.54 Å². The van der Waals surface area contributed by atoms with Crippen LogP contribution in [0.2, 0.25) is 15.1 Å². The first kappa shape index (κ1) is 29.9. The molecule has 1 unspecified atom stereocenters. The van der Waals surface area contributed by atoms with Crippen molar-refractivity contribution in [3.05, 3.63) is 152 Å². The number of halogens is 3. The lowest BCUT2D eigenvalue weighted by Gasteiger charge is -2.41. The lowest BCUT2D eigenvalue weighted by atomic mass is 9.75. The molecule has 0 fully saturated rings. The second kappa shape index (κ2) is 11.8. The van der Waals surface area contributed by atoms with Crippen LogP contribution in [0.15, 0.2) is 108 Å². The van der Waals surface area contributed by atoms with Crippen LogP contribution in [0.25, 0.3) is 0 Å². The van der Waals surface area contributed by atoms with Gasteiger partial charge in [-0.15, -0.1) is 0 Å². The minimum Gasteiger partial charge on any atom is -0.494 e. The summed E-state index contributed by atoms with van der Waals surface area (Å²) in [6.07, 6.45) is 1.54. The fourth-order valence-electron chi connectivity index (χ4n) is 5.89. The van der Waals surface area contributed by atoms with Gasteiger partial charge in [0.05, 0.1) is 28.4 Å². The van der Waals surface area contributed by atoms with Gasteiger partial charge in [-0.2, -0.15) is 5.10 Å². The van der Waals surface area contributed by atoms with Crippen LogP contribution in [0.3, 0.4) is 0 Å². The maximum atomic E-state index is 14.2. The van der Waals surface area contributed by atoms with Gasteiger partial charge in [-0.05, 0) is 61.5 Å². The quantitative estimate of drug-likeness (QED) is 0.102. The summed E-state index contributed by atoms with van der Waals surface area (Å²) in [5.74, 6) is 0.675. The summed E-state index contributed by atoms with van der Waals surface area (Å²) >= 11 is 18.8. The Labute approximate surface area is 279 Å². The number of carbonyl (C=O) groups is 2. The Hall–Kier alpha value is -4.82. The minimum atomic E-state index is -1.26. The highest BCUT2D eigenvalue weighted by Gasteiger charge is 2.57. The Morgan fingerprint density at radius 1 is 0.826 bits per heavy atom. The van der Waals surface area contributed by atoms with Gasteiger partial charge in [-0.1, -0.05) is 71.2 Å². The monoisotopic (exact) mass is 668 g/mol. The van der Waals surface area contributed by atoms with Crippen molar-refractivity contribution in [2.24, 2.45) is 5.10 Å². The lowest BCUT2D eigenvalue weighted by molar-refractivity contribution is 0.0675. The van der Waals surface area contributed by atoms with Crippen LogP contribution in [0.1, 0.15) is 49.9 Å². The standard InChI is InChI=1S/C36H23Cl3N2O5/c1-2-44-23-13-15-28-32(18-23)46-33-19-24(45-35(43)26-8-4-6-10-30(26)38)14-16-29(33)36(28)27-9-5-3-7-25(27)34(42)41(36)40-20-21-11-12-22(37)17-31(21)39/h3-20H,2H2,1H3/b40-20+. The summed E-state index contributed by atoms with van der Waals surface area (Å²) < 4.78 is 18.0. The zero-order valence-corrected chi connectivity index (χ0v) is 26.4. The summed E-state index contributed by atoms with van der Waals surface area (Å²) in [6.45, 7) is 2.34. The van der Waals surface area contributed by atoms with Crippen LogP contribution in [0.5, 0.6) is 23.0 Å². The van der Waals surface area contributed by atoms with Crippen molar-refractivity contribution >= 4 is 52.9 Å². The van der Waals surface area contributed by atoms with Gasteiger partial charge < -0.3 is 14.2 Å². The van der Waals surface area contributed by atoms with E-state index in [-0.39, 0.29) is 22.2 Å². The van der Waals surface area contributed by atoms with Crippen molar-refractivity contribution in [3.8, 4) is 23.0 Å². The number of rotatable bonds is 6. The molecular formula is C36H23Cl3N2O5. The normalized spacial score (nSPS) is 16.2. The van der Waals surface area contributed by atoms with Gasteiger partial charge in [0.15, 0.2) is 0 Å². The fraction of sp³-hybridized carbons (Fsp3) is 0.0833. The molecule has 0 saturated carbocycles. The van der Waals surface area contributed by atoms with Crippen molar-refractivity contribution in [1.82, 2.24) is 5.01 Å². The van der Waals surface area contributed by atoms with Crippen LogP contribution in [-0.4, -0.2) is 29.7 Å². The van der Waals surface area contributed by atoms with E-state index in [2.05, 4.69) is 0 Å². The van der Waals surface area contributed by atoms with E-state index >= 15 is 0 Å². The lowest BCUT2D eigenvalue weighted by Crippen LogP contribution is -2.44. The first-order valence-electron chi connectivity index (χ1n) is 14.3. The molecule has 46 heavy (non-hydrogen) atoms. The number of carbonyl (C=O) groups excluding carboxylic acids is 2. The molecule has 7 nitrogen and oxygen atoms in total. The number of amides is 1. The maximum absolute atomic E-state index is 14.2. The smallest absolute Gasteiger partial charge is 0.345 e. The predicted molar refractivity (Wildman–Crippen MR) is 177 cm³/mol. The molecule has 1 amide bonds. The van der Waals surface area contributed by atoms with Gasteiger partial charge in [-0.25, -0.2) is 9.80 Å². The number of nitrogens with zero attached hydrogens (tertiary/aromatic N) is 2. The average molecular weight is 670 g/mol. The second-order valence-corrected chi connectivity index (χ2v) is 11.8. The molecule has 10 heteroatoms. The molecule has 2 heterocycles. The minimum absolute atomic E-state index is 0.225.